The highest BCUT2D eigenvalue weighted by molar-refractivity contribution is 7.90. The van der Waals surface area contributed by atoms with E-state index in [1.165, 1.54) is 40.1 Å². The van der Waals surface area contributed by atoms with Gasteiger partial charge in [0.25, 0.3) is 0 Å². The number of carbonyl (C=O) groups excluding carboxylic acids is 4. The minimum atomic E-state index is -3.26. The predicted octanol–water partition coefficient (Wildman–Crippen LogP) is 11.4. The van der Waals surface area contributed by atoms with Crippen molar-refractivity contribution in [2.45, 2.75) is 167 Å². The van der Waals surface area contributed by atoms with E-state index in [-0.39, 0.29) is 122 Å². The van der Waals surface area contributed by atoms with Crippen molar-refractivity contribution in [3.8, 4) is 29.1 Å². The number of nitrogens with one attached hydrogen (secondary N) is 5. The maximum Gasteiger partial charge on any atom is 0.319 e. The molecule has 0 aromatic heterocycles. The van der Waals surface area contributed by atoms with Crippen molar-refractivity contribution in [2.75, 3.05) is 78.3 Å². The lowest BCUT2D eigenvalue weighted by Gasteiger charge is -2.57. The highest BCUT2D eigenvalue weighted by atomic mass is 32.2. The molecule has 24 heteroatoms. The molecule has 8 bridgehead atoms. The number of phenols is 4. The van der Waals surface area contributed by atoms with Crippen molar-refractivity contribution in [2.24, 2.45) is 0 Å². The number of hydrogen-bond donors (Lipinski definition) is 9. The van der Waals surface area contributed by atoms with Gasteiger partial charge in [-0.2, -0.15) is 5.26 Å². The zero-order chi connectivity index (χ0) is 80.8. The molecule has 113 heavy (non-hydrogen) atoms. The summed E-state index contributed by atoms with van der Waals surface area (Å²) >= 11 is 0. The lowest BCUT2D eigenvalue weighted by Crippen LogP contribution is -2.67. The number of anilines is 2. The molecule has 21 nitrogen and oxygen atoms in total. The second-order valence-corrected chi connectivity index (χ2v) is 35.3. The Labute approximate surface area is 660 Å². The Bertz CT molecular complexity index is 5070. The first-order valence-electron chi connectivity index (χ1n) is 38.7. The van der Waals surface area contributed by atoms with Gasteiger partial charge < -0.3 is 71.5 Å². The van der Waals surface area contributed by atoms with Crippen molar-refractivity contribution in [1.82, 2.24) is 40.4 Å². The number of sulfone groups is 1. The van der Waals surface area contributed by atoms with Gasteiger partial charge in [0.1, 0.15) is 34.6 Å². The number of likely N-dealkylation sites (tertiary alicyclic amines) is 4. The summed E-state index contributed by atoms with van der Waals surface area (Å²) in [5.74, 6) is -0.420. The molecule has 0 spiro atoms. The second kappa shape index (κ2) is 32.2. The van der Waals surface area contributed by atoms with Gasteiger partial charge in [0.2, 0.25) is 11.8 Å². The third-order valence-corrected chi connectivity index (χ3v) is 27.2. The number of rotatable bonds is 11. The van der Waals surface area contributed by atoms with Crippen molar-refractivity contribution >= 4 is 45.1 Å². The van der Waals surface area contributed by atoms with Gasteiger partial charge >= 0.3 is 12.1 Å². The fourth-order valence-electron chi connectivity index (χ4n) is 19.5. The normalized spacial score (nSPS) is 26.4. The Morgan fingerprint density at radius 1 is 0.496 bits per heavy atom. The average Bonchev–Trinajstić information content (AvgIpc) is 0.747. The minimum Gasteiger partial charge on any atom is -0.508 e. The van der Waals surface area contributed by atoms with Crippen LogP contribution in [0, 0.1) is 23.0 Å². The zero-order valence-electron chi connectivity index (χ0n) is 65.8. The van der Waals surface area contributed by atoms with Crippen LogP contribution >= 0.6 is 0 Å². The first-order chi connectivity index (χ1) is 53.6. The van der Waals surface area contributed by atoms with Gasteiger partial charge in [0.05, 0.1) is 59.2 Å². The van der Waals surface area contributed by atoms with E-state index in [9.17, 15) is 56.8 Å². The smallest absolute Gasteiger partial charge is 0.319 e. The molecule has 12 atom stereocenters. The summed E-state index contributed by atoms with van der Waals surface area (Å²) in [7, 11) is 7.00. The van der Waals surface area contributed by atoms with Crippen LogP contribution in [0.1, 0.15) is 115 Å². The van der Waals surface area contributed by atoms with Crippen LogP contribution in [0.3, 0.4) is 0 Å². The maximum atomic E-state index is 13.9. The molecule has 8 aromatic rings. The van der Waals surface area contributed by atoms with Crippen molar-refractivity contribution in [1.29, 1.82) is 5.26 Å². The summed E-state index contributed by atoms with van der Waals surface area (Å²) in [5, 5.41) is 63.9. The molecular formula is C89H103F2N11O10S. The number of likely N-dealkylation sites (N-methyl/N-ethyl adjacent to an activating group) is 5. The Hall–Kier alpha value is -10.4. The minimum absolute atomic E-state index is 0.00670. The average molecular weight is 1560 g/mol. The van der Waals surface area contributed by atoms with Crippen LogP contribution in [0.2, 0.25) is 0 Å². The molecular weight excluding hydrogens is 1450 g/mol. The van der Waals surface area contributed by atoms with E-state index in [0.717, 1.165) is 117 Å². The molecule has 4 heterocycles. The molecule has 4 aliphatic carbocycles. The lowest BCUT2D eigenvalue weighted by atomic mass is 9.61. The van der Waals surface area contributed by atoms with Crippen LogP contribution in [0.5, 0.6) is 23.0 Å². The van der Waals surface area contributed by atoms with E-state index < -0.39 is 27.5 Å². The standard InChI is InChI=1S/C24H30N2O4S.C22H24N4O2.C22H26N2O2.C21H23F2N3O2/c1-24-11-12-25(2)21(14-17-7-8-18(27)15-20(17)24)23(24)26(3)22(28)13-16-5-9-19(10-6-16)31(4,29)30;1-22-9-10-26(2)19(11-15-5-8-17(27)12-18(15)22)20(22)25-21(28)24-16-6-3-14(13-23)4-7-16;1-22-10-11-24(2)19(13-16-8-9-17(25)14-18(16)22)21(22)23-20(26)12-15-6-4-3-5-7-15;1-21-7-8-26(2)18(9-12-3-5-14(27)11-15(12)21)19(21)25-20(28)24-17-6-4-13(22)10-16(17)23/h5-10,15,21,23,27H,11-14H2,1-4H3;3-8,12,19-20,27H,9-11H2,1-2H3,(H2,24,25,28);3-9,14,19,21,25H,10-13H2,1-2H3,(H,23,26);3-6,10-11,18-19,27H,7-9H2,1-2H3,(H2,24,25,28)/t21-,23+,24-;19-,20+,22-;19-,21+,22-;18-,19+,21-/m1111/s1. The molecule has 6 amide bonds. The Balaban J connectivity index is 0.000000132. The summed E-state index contributed by atoms with van der Waals surface area (Å²) in [5.41, 5.74) is 11.4. The summed E-state index contributed by atoms with van der Waals surface area (Å²) < 4.78 is 50.3. The van der Waals surface area contributed by atoms with E-state index in [2.05, 4.69) is 101 Å². The Morgan fingerprint density at radius 2 is 0.894 bits per heavy atom. The van der Waals surface area contributed by atoms with Crippen LogP contribution in [-0.2, 0) is 79.6 Å². The summed E-state index contributed by atoms with van der Waals surface area (Å²) in [6.45, 7) is 12.5. The lowest BCUT2D eigenvalue weighted by molar-refractivity contribution is -0.136. The molecule has 16 rings (SSSR count). The maximum absolute atomic E-state index is 13.9. The molecule has 594 valence electrons. The summed E-state index contributed by atoms with van der Waals surface area (Å²) in [6, 6.07) is 50.4. The molecule has 0 radical (unpaired) electrons. The number of aromatic hydroxyl groups is 4. The molecule has 8 aromatic carbocycles. The highest BCUT2D eigenvalue weighted by Gasteiger charge is 2.55. The number of amides is 6. The summed E-state index contributed by atoms with van der Waals surface area (Å²) in [4.78, 5) is 62.8. The highest BCUT2D eigenvalue weighted by Crippen LogP contribution is 2.51. The Kier molecular flexibility index (Phi) is 23.0. The van der Waals surface area contributed by atoms with Gasteiger partial charge in [-0.05, 0) is 258 Å². The number of phenolic OH excluding ortho intramolecular Hbond substituents is 4. The third kappa shape index (κ3) is 16.6. The van der Waals surface area contributed by atoms with Gasteiger partial charge in [-0.25, -0.2) is 26.8 Å². The molecule has 8 aliphatic rings. The largest absolute Gasteiger partial charge is 0.508 e. The van der Waals surface area contributed by atoms with E-state index in [0.29, 0.717) is 23.4 Å². The number of nitriles is 1. The SMILES string of the molecule is CN1CC[C@]2(C)c3cc(O)ccc3C[C@@H]1[C@@H]2N(C)C(=O)Cc1ccc(S(C)(=O)=O)cc1.CN1CC[C@]2(C)c3cc(O)ccc3C[C@@H]1[C@@H]2NC(=O)Cc1ccccc1.CN1CC[C@]2(C)c3cc(O)ccc3C[C@@H]1[C@@H]2NC(=O)Nc1ccc(C#N)cc1.CN1CC[C@]2(C)c3cc(O)ccc3C[C@@H]1[C@@H]2NC(=O)Nc1ccc(F)cc1F. The number of piperidine rings is 4. The zero-order valence-corrected chi connectivity index (χ0v) is 66.6. The van der Waals surface area contributed by atoms with Gasteiger partial charge in [-0.15, -0.1) is 0 Å². The molecule has 9 N–H and O–H groups in total. The van der Waals surface area contributed by atoms with E-state index in [1.54, 1.807) is 78.9 Å². The van der Waals surface area contributed by atoms with Crippen LogP contribution < -0.4 is 26.6 Å². The van der Waals surface area contributed by atoms with Crippen LogP contribution in [0.15, 0.2) is 175 Å². The van der Waals surface area contributed by atoms with Crippen LogP contribution in [0.4, 0.5) is 29.7 Å². The second-order valence-electron chi connectivity index (χ2n) is 33.3. The summed E-state index contributed by atoms with van der Waals surface area (Å²) in [6.07, 6.45) is 8.70. The predicted molar refractivity (Wildman–Crippen MR) is 432 cm³/mol. The van der Waals surface area contributed by atoms with Gasteiger partial charge in [0, 0.05) is 70.9 Å². The van der Waals surface area contributed by atoms with Crippen LogP contribution in [-0.4, -0.2) is 193 Å². The van der Waals surface area contributed by atoms with E-state index >= 15 is 0 Å². The molecule has 4 aliphatic heterocycles. The molecule has 4 fully saturated rings. The number of halogens is 2. The van der Waals surface area contributed by atoms with Crippen molar-refractivity contribution in [3.05, 3.63) is 243 Å². The number of nitrogens with zero attached hydrogens (tertiary/aromatic N) is 6. The van der Waals surface area contributed by atoms with Crippen molar-refractivity contribution in [3.63, 3.8) is 0 Å². The topological polar surface area (TPSA) is 283 Å². The quantitative estimate of drug-likeness (QED) is 0.0582. The van der Waals surface area contributed by atoms with Gasteiger partial charge in [-0.3, -0.25) is 9.59 Å². The number of urea groups is 2. The molecule has 4 saturated heterocycles. The first-order valence-corrected chi connectivity index (χ1v) is 40.6. The van der Waals surface area contributed by atoms with E-state index in [1.807, 2.05) is 91.8 Å². The number of hydrogen-bond acceptors (Lipinski definition) is 15. The van der Waals surface area contributed by atoms with Crippen molar-refractivity contribution < 1.29 is 56.8 Å². The number of carbonyl (C=O) groups is 4. The van der Waals surface area contributed by atoms with Gasteiger partial charge in [0.15, 0.2) is 9.84 Å². The fraction of sp³-hybridized carbons (Fsp3) is 0.404. The van der Waals surface area contributed by atoms with E-state index in [4.69, 9.17) is 5.26 Å². The number of fused-ring (bicyclic) bond motifs is 16. The fourth-order valence-corrected chi connectivity index (χ4v) is 20.1. The van der Waals surface area contributed by atoms with Crippen LogP contribution in [0.25, 0.3) is 0 Å². The first kappa shape index (κ1) is 80.6. The van der Waals surface area contributed by atoms with Gasteiger partial charge in [-0.1, -0.05) is 94.4 Å². The molecule has 0 unspecified atom stereocenters. The monoisotopic (exact) mass is 1560 g/mol. The number of benzene rings is 8. The molecule has 0 saturated carbocycles. The Morgan fingerprint density at radius 3 is 1.33 bits per heavy atom. The third-order valence-electron chi connectivity index (χ3n) is 26.0.